The predicted octanol–water partition coefficient (Wildman–Crippen LogP) is 0.159. The number of carboxylic acids is 1. The van der Waals surface area contributed by atoms with Gasteiger partial charge in [0.05, 0.1) is 10.7 Å². The molecule has 2 aromatic rings. The van der Waals surface area contributed by atoms with Gasteiger partial charge in [-0.3, -0.25) is 0 Å². The summed E-state index contributed by atoms with van der Waals surface area (Å²) in [4.78, 5) is 10.5. The van der Waals surface area contributed by atoms with Crippen molar-refractivity contribution < 1.29 is 19.4 Å². The van der Waals surface area contributed by atoms with E-state index in [1.54, 1.807) is 0 Å². The molecule has 6 heteroatoms. The van der Waals surface area contributed by atoms with Gasteiger partial charge in [-0.05, 0) is 18.2 Å². The molecular formula is C7H4N2O4. The number of fused-ring (bicyclic) bond motifs is 1. The first-order valence-corrected chi connectivity index (χ1v) is 3.41. The summed E-state index contributed by atoms with van der Waals surface area (Å²) in [6.45, 7) is 0. The SMILES string of the molecule is O=C(O)c1ccc2o[n+]([O-])nc2c1. The number of nitrogens with zero attached hydrogens (tertiary/aromatic N) is 2. The summed E-state index contributed by atoms with van der Waals surface area (Å²) < 4.78 is 4.56. The van der Waals surface area contributed by atoms with Crippen LogP contribution in [0.25, 0.3) is 11.1 Å². The van der Waals surface area contributed by atoms with Crippen LogP contribution in [-0.4, -0.2) is 16.2 Å². The lowest BCUT2D eigenvalue weighted by Gasteiger charge is -1.90. The third kappa shape index (κ3) is 1.18. The van der Waals surface area contributed by atoms with E-state index >= 15 is 0 Å². The molecule has 0 aliphatic heterocycles. The van der Waals surface area contributed by atoms with Gasteiger partial charge in [-0.15, -0.1) is 0 Å². The van der Waals surface area contributed by atoms with Crippen molar-refractivity contribution in [3.63, 3.8) is 0 Å². The van der Waals surface area contributed by atoms with Crippen LogP contribution in [0.3, 0.4) is 0 Å². The van der Waals surface area contributed by atoms with E-state index in [-0.39, 0.29) is 21.7 Å². The number of carbonyl (C=O) groups is 1. The Morgan fingerprint density at radius 3 is 3.08 bits per heavy atom. The van der Waals surface area contributed by atoms with Crippen LogP contribution in [0, 0.1) is 5.21 Å². The molecule has 0 fully saturated rings. The van der Waals surface area contributed by atoms with Crippen LogP contribution in [-0.2, 0) is 0 Å². The molecule has 2 rings (SSSR count). The number of hydrogen-bond donors (Lipinski definition) is 1. The van der Waals surface area contributed by atoms with E-state index in [1.165, 1.54) is 18.2 Å². The van der Waals surface area contributed by atoms with Gasteiger partial charge in [0.2, 0.25) is 0 Å². The average Bonchev–Trinajstić information content (AvgIpc) is 2.42. The van der Waals surface area contributed by atoms with Crippen LogP contribution < -0.4 is 5.02 Å². The molecular weight excluding hydrogens is 176 g/mol. The molecule has 1 aromatic carbocycles. The van der Waals surface area contributed by atoms with Gasteiger partial charge in [-0.1, -0.05) is 0 Å². The summed E-state index contributed by atoms with van der Waals surface area (Å²) in [7, 11) is 0. The molecule has 0 aliphatic rings. The number of rotatable bonds is 1. The summed E-state index contributed by atoms with van der Waals surface area (Å²) in [5.41, 5.74) is 0.566. The van der Waals surface area contributed by atoms with Crippen molar-refractivity contribution >= 4 is 17.1 Å². The predicted molar refractivity (Wildman–Crippen MR) is 39.9 cm³/mol. The third-order valence-corrected chi connectivity index (χ3v) is 1.57. The Labute approximate surface area is 71.5 Å². The lowest BCUT2D eigenvalue weighted by molar-refractivity contribution is -0.836. The maximum absolute atomic E-state index is 10.6. The lowest BCUT2D eigenvalue weighted by atomic mass is 10.2. The smallest absolute Gasteiger partial charge is 0.335 e. The molecule has 1 heterocycles. The fourth-order valence-electron chi connectivity index (χ4n) is 0.998. The molecule has 0 saturated carbocycles. The van der Waals surface area contributed by atoms with Gasteiger partial charge in [0.15, 0.2) is 10.5 Å². The number of carboxylic acid groups (broad SMARTS) is 1. The second kappa shape index (κ2) is 2.44. The Hall–Kier alpha value is -2.11. The zero-order chi connectivity index (χ0) is 9.42. The summed E-state index contributed by atoms with van der Waals surface area (Å²) in [5, 5.41) is 22.6. The normalized spacial score (nSPS) is 10.5. The van der Waals surface area contributed by atoms with Crippen molar-refractivity contribution in [3.8, 4) is 0 Å². The van der Waals surface area contributed by atoms with Gasteiger partial charge < -0.3 is 9.63 Å². The van der Waals surface area contributed by atoms with Crippen molar-refractivity contribution in [2.24, 2.45) is 0 Å². The molecule has 0 radical (unpaired) electrons. The minimum Gasteiger partial charge on any atom is -0.478 e. The summed E-state index contributed by atoms with van der Waals surface area (Å²) >= 11 is 0. The van der Waals surface area contributed by atoms with Crippen molar-refractivity contribution in [2.45, 2.75) is 0 Å². The van der Waals surface area contributed by atoms with Gasteiger partial charge in [0.25, 0.3) is 0 Å². The monoisotopic (exact) mass is 180 g/mol. The van der Waals surface area contributed by atoms with E-state index in [1.807, 2.05) is 0 Å². The van der Waals surface area contributed by atoms with Gasteiger partial charge >= 0.3 is 5.97 Å². The zero-order valence-corrected chi connectivity index (χ0v) is 6.30. The molecule has 1 N–H and O–H groups in total. The average molecular weight is 180 g/mol. The van der Waals surface area contributed by atoms with Crippen LogP contribution in [0.4, 0.5) is 0 Å². The van der Waals surface area contributed by atoms with Crippen LogP contribution in [0.1, 0.15) is 10.4 Å². The van der Waals surface area contributed by atoms with Crippen LogP contribution in [0.5, 0.6) is 0 Å². The first kappa shape index (κ1) is 7.53. The van der Waals surface area contributed by atoms with E-state index in [4.69, 9.17) is 5.11 Å². The maximum atomic E-state index is 10.6. The minimum atomic E-state index is -1.07. The van der Waals surface area contributed by atoms with Crippen LogP contribution in [0.15, 0.2) is 22.7 Å². The minimum absolute atomic E-state index is 0.0380. The van der Waals surface area contributed by atoms with Gasteiger partial charge in [0, 0.05) is 0 Å². The van der Waals surface area contributed by atoms with Crippen LogP contribution in [0.2, 0.25) is 0 Å². The molecule has 0 atom stereocenters. The second-order valence-corrected chi connectivity index (χ2v) is 2.42. The number of hydrogen-bond acceptors (Lipinski definition) is 4. The van der Waals surface area contributed by atoms with Crippen molar-refractivity contribution in [1.82, 2.24) is 5.10 Å². The standard InChI is InChI=1S/C7H4N2O4/c10-7(11)4-1-2-6-5(3-4)8-9(12)13-6/h1-3H,(H,10,11). The first-order chi connectivity index (χ1) is 6.16. The number of benzene rings is 1. The maximum Gasteiger partial charge on any atom is 0.335 e. The highest BCUT2D eigenvalue weighted by Crippen LogP contribution is 2.11. The Morgan fingerprint density at radius 1 is 1.62 bits per heavy atom. The van der Waals surface area contributed by atoms with Crippen molar-refractivity contribution in [3.05, 3.63) is 29.0 Å². The number of aromatic carboxylic acids is 1. The molecule has 0 saturated heterocycles. The Morgan fingerprint density at radius 2 is 2.38 bits per heavy atom. The highest BCUT2D eigenvalue weighted by atomic mass is 16.7. The molecule has 0 unspecified atom stereocenters. The largest absolute Gasteiger partial charge is 0.478 e. The van der Waals surface area contributed by atoms with Gasteiger partial charge in [-0.25, -0.2) is 10.0 Å². The Bertz CT molecular complexity index is 476. The van der Waals surface area contributed by atoms with Crippen LogP contribution >= 0.6 is 0 Å². The fraction of sp³-hybridized carbons (Fsp3) is 0. The molecule has 1 aromatic heterocycles. The van der Waals surface area contributed by atoms with Gasteiger partial charge in [0.1, 0.15) is 5.58 Å². The van der Waals surface area contributed by atoms with Gasteiger partial charge in [-0.2, -0.15) is 0 Å². The fourth-order valence-corrected chi connectivity index (χ4v) is 0.998. The summed E-state index contributed by atoms with van der Waals surface area (Å²) in [5.74, 6) is -1.07. The van der Waals surface area contributed by atoms with E-state index in [0.717, 1.165) is 0 Å². The van der Waals surface area contributed by atoms with E-state index in [9.17, 15) is 10.0 Å². The van der Waals surface area contributed by atoms with Crippen molar-refractivity contribution in [2.75, 3.05) is 0 Å². The van der Waals surface area contributed by atoms with E-state index < -0.39 is 5.97 Å². The third-order valence-electron chi connectivity index (χ3n) is 1.57. The quantitative estimate of drug-likeness (QED) is 0.631. The zero-order valence-electron chi connectivity index (χ0n) is 6.30. The highest BCUT2D eigenvalue weighted by molar-refractivity contribution is 5.91. The molecule has 66 valence electrons. The Kier molecular flexibility index (Phi) is 1.42. The van der Waals surface area contributed by atoms with Crippen molar-refractivity contribution in [1.29, 1.82) is 0 Å². The molecule has 0 spiro atoms. The summed E-state index contributed by atoms with van der Waals surface area (Å²) in [6.07, 6.45) is 0. The Balaban J connectivity index is 2.67. The molecule has 0 aliphatic carbocycles. The lowest BCUT2D eigenvalue weighted by Crippen LogP contribution is -2.25. The molecule has 13 heavy (non-hydrogen) atoms. The first-order valence-electron chi connectivity index (χ1n) is 3.41. The summed E-state index contributed by atoms with van der Waals surface area (Å²) in [6, 6.07) is 4.01. The molecule has 0 bridgehead atoms. The second-order valence-electron chi connectivity index (χ2n) is 2.42. The van der Waals surface area contributed by atoms with E-state index in [0.29, 0.717) is 0 Å². The topological polar surface area (TPSA) is 90.3 Å². The molecule has 6 nitrogen and oxygen atoms in total. The van der Waals surface area contributed by atoms with E-state index in [2.05, 4.69) is 9.62 Å². The highest BCUT2D eigenvalue weighted by Gasteiger charge is 2.08. The number of aromatic nitrogens is 2. The molecule has 0 amide bonds.